The van der Waals surface area contributed by atoms with E-state index >= 15 is 0 Å². The van der Waals surface area contributed by atoms with Gasteiger partial charge in [-0.25, -0.2) is 10.2 Å². The number of benzene rings is 3. The van der Waals surface area contributed by atoms with Crippen LogP contribution in [0.5, 0.6) is 5.75 Å². The van der Waals surface area contributed by atoms with Crippen LogP contribution in [-0.2, 0) is 62.4 Å². The van der Waals surface area contributed by atoms with E-state index in [1.54, 1.807) is 62.5 Å². The van der Waals surface area contributed by atoms with Crippen molar-refractivity contribution in [3.05, 3.63) is 102 Å². The average molecular weight is 1270 g/mol. The average Bonchev–Trinajstić information content (AvgIpc) is 1.91. The number of aliphatic hydroxyl groups excluding tert-OH is 2. The molecular weight excluding hydrogens is 1180 g/mol. The molecule has 1 aliphatic heterocycles. The molecule has 22 N–H and O–H groups in total. The number of carbonyl (C=O) groups excluding carboxylic acids is 10. The standard InChI is InChI=1S/C60H86N18O13/c1-32(2)25-45(53(86)70-42(18-12-24-67-59(64)65-5)51(84)72-44(50(61)83)28-37-30-68-41-16-10-9-15-40(37)41)74-60(91)77-76-54(87)46(26-35-13-7-6-8-14-35)73-56(89)49(33(3)79)75-52(85)43(17-11-23-66-58(62)63)71-55(88)48-29-39(82)31-78(48)57(90)47(69-34(4)80)27-36-19-21-38(81)22-20-36/h6-10,13-16,19-22,30,32-33,39,42-49,68,79,81-82H,11-12,17-18,23-29,31H2,1-5H3,(H2,61,83)(H,69,80)(H,70,86)(H,71,88)(H,72,84)(H,73,89)(H,75,85)(H,76,87)(H4,62,63,66)(H3,64,65,67)(H2,74,77,91)/t33-,39-,42+,43+,44+,45+,46+,47-,48+,49+/m1/s1. The fourth-order valence-electron chi connectivity index (χ4n) is 10.1. The minimum atomic E-state index is -1.81. The number of phenols is 1. The van der Waals surface area contributed by atoms with Crippen LogP contribution in [0, 0.1) is 5.92 Å². The molecule has 10 atom stereocenters. The number of hydrazine groups is 1. The zero-order chi connectivity index (χ0) is 66.9. The first-order valence-electron chi connectivity index (χ1n) is 29.7. The largest absolute Gasteiger partial charge is 0.508 e. The molecule has 3 aromatic carbocycles. The third-order valence-corrected chi connectivity index (χ3v) is 14.7. The maximum Gasteiger partial charge on any atom is 0.334 e. The highest BCUT2D eigenvalue weighted by molar-refractivity contribution is 5.98. The van der Waals surface area contributed by atoms with E-state index < -0.39 is 120 Å². The number of phenolic OH excluding ortho intramolecular Hbond substituents is 1. The molecular formula is C60H86N18O13. The Labute approximate surface area is 525 Å². The fourth-order valence-corrected chi connectivity index (χ4v) is 10.1. The van der Waals surface area contributed by atoms with Crippen LogP contribution in [0.2, 0.25) is 0 Å². The SMILES string of the molecule is CN=C(N)NCCC[C@H](NC(=O)[C@H](CC(C)C)NC(=O)NNC(=O)[C@H](Cc1ccccc1)NC(=O)[C@@H](NC(=O)[C@H](CCCN=C(N)N)NC(=O)[C@@H]1C[C@@H](O)CN1C(=O)[C@@H](Cc1ccc(O)cc1)NC(C)=O)[C@@H](C)O)C(=O)N[C@@H](Cc1c[nH]c2ccccc12)C(N)=O. The van der Waals surface area contributed by atoms with Crippen LogP contribution >= 0.6 is 0 Å². The molecule has 31 heteroatoms. The van der Waals surface area contributed by atoms with Crippen molar-refractivity contribution in [2.75, 3.05) is 26.7 Å². The summed E-state index contributed by atoms with van der Waals surface area (Å²) in [6.45, 7) is 5.85. The van der Waals surface area contributed by atoms with E-state index in [4.69, 9.17) is 22.9 Å². The van der Waals surface area contributed by atoms with Crippen molar-refractivity contribution in [3.63, 3.8) is 0 Å². The molecule has 4 aromatic rings. The van der Waals surface area contributed by atoms with Gasteiger partial charge in [0.15, 0.2) is 11.9 Å². The number of H-pyrrole nitrogens is 1. The number of nitrogens with one attached hydrogen (secondary N) is 11. The molecule has 1 aromatic heterocycles. The van der Waals surface area contributed by atoms with Crippen LogP contribution in [0.25, 0.3) is 10.9 Å². The molecule has 91 heavy (non-hydrogen) atoms. The van der Waals surface area contributed by atoms with Gasteiger partial charge in [-0.2, -0.15) is 0 Å². The number of aliphatic imine (C=N–C) groups is 2. The third kappa shape index (κ3) is 23.1. The molecule has 494 valence electrons. The van der Waals surface area contributed by atoms with Crippen LogP contribution < -0.4 is 76.3 Å². The Balaban J connectivity index is 1.30. The summed E-state index contributed by atoms with van der Waals surface area (Å²) < 4.78 is 0. The number of fused-ring (bicyclic) bond motifs is 1. The van der Waals surface area contributed by atoms with Gasteiger partial charge in [0.2, 0.25) is 47.3 Å². The van der Waals surface area contributed by atoms with Gasteiger partial charge in [-0.15, -0.1) is 0 Å². The second kappa shape index (κ2) is 35.2. The number of rotatable bonds is 32. The maximum absolute atomic E-state index is 14.3. The number of aromatic hydroxyl groups is 1. The second-order valence-corrected chi connectivity index (χ2v) is 22.5. The quantitative estimate of drug-likeness (QED) is 0.00989. The van der Waals surface area contributed by atoms with Crippen LogP contribution in [-0.4, -0.2) is 184 Å². The van der Waals surface area contributed by atoms with Gasteiger partial charge < -0.3 is 90.7 Å². The van der Waals surface area contributed by atoms with E-state index in [-0.39, 0.29) is 101 Å². The Morgan fingerprint density at radius 1 is 0.659 bits per heavy atom. The molecule has 1 fully saturated rings. The van der Waals surface area contributed by atoms with Crippen molar-refractivity contribution >= 4 is 82.0 Å². The zero-order valence-corrected chi connectivity index (χ0v) is 51.5. The summed E-state index contributed by atoms with van der Waals surface area (Å²) in [7, 11) is 1.48. The van der Waals surface area contributed by atoms with Crippen LogP contribution in [0.3, 0.4) is 0 Å². The van der Waals surface area contributed by atoms with E-state index in [1.165, 1.54) is 33.0 Å². The third-order valence-electron chi connectivity index (χ3n) is 14.7. The first kappa shape index (κ1) is 71.7. The van der Waals surface area contributed by atoms with Crippen molar-refractivity contribution in [2.45, 2.75) is 146 Å². The van der Waals surface area contributed by atoms with Gasteiger partial charge in [0.1, 0.15) is 54.1 Å². The molecule has 0 unspecified atom stereocenters. The summed E-state index contributed by atoms with van der Waals surface area (Å²) in [4.78, 5) is 150. The Morgan fingerprint density at radius 2 is 1.26 bits per heavy atom. The number of carbonyl (C=O) groups is 10. The topological polar surface area (TPSA) is 500 Å². The van der Waals surface area contributed by atoms with Crippen molar-refractivity contribution in [2.24, 2.45) is 38.8 Å². The van der Waals surface area contributed by atoms with Crippen molar-refractivity contribution in [1.82, 2.24) is 63.3 Å². The lowest BCUT2D eigenvalue weighted by Crippen LogP contribution is -2.62. The first-order valence-corrected chi connectivity index (χ1v) is 29.7. The van der Waals surface area contributed by atoms with E-state index in [2.05, 4.69) is 68.4 Å². The molecule has 0 bridgehead atoms. The van der Waals surface area contributed by atoms with Crippen molar-refractivity contribution < 1.29 is 63.3 Å². The Bertz CT molecular complexity index is 3210. The number of β-amino-alcohol motifs (C(OH)–C–C–N with tert-alkyl or cyclic N) is 1. The predicted octanol–water partition coefficient (Wildman–Crippen LogP) is -3.23. The number of nitrogens with zero attached hydrogens (tertiary/aromatic N) is 3. The number of likely N-dealkylation sites (tertiary alicyclic amines) is 1. The molecule has 5 rings (SSSR count). The molecule has 0 radical (unpaired) electrons. The van der Waals surface area contributed by atoms with E-state index in [1.807, 2.05) is 24.3 Å². The molecule has 1 saturated heterocycles. The lowest BCUT2D eigenvalue weighted by Gasteiger charge is -2.30. The maximum atomic E-state index is 14.3. The summed E-state index contributed by atoms with van der Waals surface area (Å²) in [6.07, 6.45) is -1.41. The van der Waals surface area contributed by atoms with Gasteiger partial charge >= 0.3 is 6.03 Å². The van der Waals surface area contributed by atoms with Crippen LogP contribution in [0.1, 0.15) is 82.9 Å². The number of nitrogens with two attached hydrogens (primary N) is 4. The van der Waals surface area contributed by atoms with Gasteiger partial charge in [-0.05, 0) is 79.8 Å². The van der Waals surface area contributed by atoms with E-state index in [0.29, 0.717) is 16.7 Å². The number of hydrogen-bond acceptors (Lipinski definition) is 15. The number of para-hydroxylation sites is 1. The number of primary amides is 1. The Morgan fingerprint density at radius 3 is 1.91 bits per heavy atom. The highest BCUT2D eigenvalue weighted by Gasteiger charge is 2.43. The van der Waals surface area contributed by atoms with Crippen molar-refractivity contribution in [1.29, 1.82) is 0 Å². The highest BCUT2D eigenvalue weighted by Crippen LogP contribution is 2.23. The number of aromatic amines is 1. The summed E-state index contributed by atoms with van der Waals surface area (Å²) in [5.74, 6) is -8.04. The first-order chi connectivity index (χ1) is 43.2. The zero-order valence-electron chi connectivity index (χ0n) is 51.5. The molecule has 1 aliphatic rings. The molecule has 0 spiro atoms. The van der Waals surface area contributed by atoms with E-state index in [9.17, 15) is 63.3 Å². The van der Waals surface area contributed by atoms with Gasteiger partial charge in [0.25, 0.3) is 5.91 Å². The normalized spacial score (nSPS) is 16.4. The summed E-state index contributed by atoms with van der Waals surface area (Å²) in [6, 6.07) is 9.31. The second-order valence-electron chi connectivity index (χ2n) is 22.5. The number of aliphatic hydroxyl groups is 2. The lowest BCUT2D eigenvalue weighted by molar-refractivity contribution is -0.142. The molecule has 0 saturated carbocycles. The Kier molecular flexibility index (Phi) is 27.8. The molecule has 0 aliphatic carbocycles. The number of guanidine groups is 2. The van der Waals surface area contributed by atoms with Gasteiger partial charge in [-0.3, -0.25) is 58.6 Å². The number of aromatic nitrogens is 1. The summed E-state index contributed by atoms with van der Waals surface area (Å²) in [5, 5.41) is 53.4. The van der Waals surface area contributed by atoms with Crippen molar-refractivity contribution in [3.8, 4) is 5.75 Å². The molecule has 11 amide bonds. The molecule has 31 nitrogen and oxygen atoms in total. The minimum Gasteiger partial charge on any atom is -0.508 e. The van der Waals surface area contributed by atoms with E-state index in [0.717, 1.165) is 15.8 Å². The monoisotopic (exact) mass is 1270 g/mol. The summed E-state index contributed by atoms with van der Waals surface area (Å²) in [5.41, 5.74) is 29.7. The fraction of sp³-hybridized carbons (Fsp3) is 0.467. The van der Waals surface area contributed by atoms with Gasteiger partial charge in [0, 0.05) is 76.4 Å². The Hall–Kier alpha value is -10.0. The van der Waals surface area contributed by atoms with Gasteiger partial charge in [0.05, 0.1) is 12.2 Å². The number of hydrogen-bond donors (Lipinski definition) is 18. The number of amides is 11. The van der Waals surface area contributed by atoms with Crippen LogP contribution in [0.15, 0.2) is 95.0 Å². The van der Waals surface area contributed by atoms with Crippen LogP contribution in [0.4, 0.5) is 4.79 Å². The highest BCUT2D eigenvalue weighted by atomic mass is 16.3. The predicted molar refractivity (Wildman–Crippen MR) is 336 cm³/mol. The molecule has 2 heterocycles. The minimum absolute atomic E-state index is 0.0173. The lowest BCUT2D eigenvalue weighted by atomic mass is 10.0. The van der Waals surface area contributed by atoms with Gasteiger partial charge in [-0.1, -0.05) is 74.5 Å². The smallest absolute Gasteiger partial charge is 0.334 e. The number of urea groups is 1. The summed E-state index contributed by atoms with van der Waals surface area (Å²) >= 11 is 0.